The van der Waals surface area contributed by atoms with Gasteiger partial charge in [-0.2, -0.15) is 0 Å². The van der Waals surface area contributed by atoms with E-state index in [1.165, 1.54) is 25.9 Å². The molecular formula is C19H37N5O2. The van der Waals surface area contributed by atoms with E-state index in [2.05, 4.69) is 32.3 Å². The highest BCUT2D eigenvalue weighted by atomic mass is 16.6. The van der Waals surface area contributed by atoms with Gasteiger partial charge in [-0.3, -0.25) is 4.99 Å². The van der Waals surface area contributed by atoms with Crippen LogP contribution in [-0.4, -0.2) is 79.8 Å². The zero-order valence-corrected chi connectivity index (χ0v) is 17.2. The second kappa shape index (κ2) is 9.44. The maximum absolute atomic E-state index is 11.9. The van der Waals surface area contributed by atoms with Crippen LogP contribution in [0.3, 0.4) is 0 Å². The molecule has 0 bridgehead atoms. The molecule has 150 valence electrons. The van der Waals surface area contributed by atoms with Gasteiger partial charge in [-0.1, -0.05) is 6.92 Å². The van der Waals surface area contributed by atoms with E-state index < -0.39 is 5.60 Å². The van der Waals surface area contributed by atoms with Crippen LogP contribution >= 0.6 is 0 Å². The highest BCUT2D eigenvalue weighted by molar-refractivity contribution is 5.80. The van der Waals surface area contributed by atoms with Crippen molar-refractivity contribution in [1.82, 2.24) is 20.4 Å². The van der Waals surface area contributed by atoms with Gasteiger partial charge in [0.1, 0.15) is 5.60 Å². The van der Waals surface area contributed by atoms with E-state index in [1.54, 1.807) is 0 Å². The summed E-state index contributed by atoms with van der Waals surface area (Å²) < 4.78 is 5.34. The molecule has 0 aromatic heterocycles. The first-order valence-electron chi connectivity index (χ1n) is 9.94. The second-order valence-corrected chi connectivity index (χ2v) is 8.60. The quantitative estimate of drug-likeness (QED) is 0.587. The number of hydrogen-bond acceptors (Lipinski definition) is 4. The van der Waals surface area contributed by atoms with Crippen LogP contribution in [0.5, 0.6) is 0 Å². The van der Waals surface area contributed by atoms with E-state index in [0.29, 0.717) is 0 Å². The van der Waals surface area contributed by atoms with Gasteiger partial charge in [0.2, 0.25) is 0 Å². The smallest absolute Gasteiger partial charge is 0.407 e. The molecule has 2 aliphatic heterocycles. The molecule has 0 spiro atoms. The molecule has 2 rings (SSSR count). The molecule has 7 heteroatoms. The first-order chi connectivity index (χ1) is 12.3. The van der Waals surface area contributed by atoms with E-state index in [4.69, 9.17) is 4.74 Å². The van der Waals surface area contributed by atoms with Gasteiger partial charge in [0.25, 0.3) is 0 Å². The number of likely N-dealkylation sites (tertiary alicyclic amines) is 2. The van der Waals surface area contributed by atoms with Gasteiger partial charge in [-0.15, -0.1) is 0 Å². The highest BCUT2D eigenvalue weighted by Crippen LogP contribution is 2.15. The summed E-state index contributed by atoms with van der Waals surface area (Å²) in [7, 11) is 1.82. The predicted molar refractivity (Wildman–Crippen MR) is 106 cm³/mol. The Morgan fingerprint density at radius 3 is 2.65 bits per heavy atom. The van der Waals surface area contributed by atoms with Crippen LogP contribution in [0, 0.1) is 5.92 Å². The molecule has 0 radical (unpaired) electrons. The summed E-state index contributed by atoms with van der Waals surface area (Å²) >= 11 is 0. The van der Waals surface area contributed by atoms with Crippen LogP contribution in [0.4, 0.5) is 4.79 Å². The van der Waals surface area contributed by atoms with Crippen molar-refractivity contribution in [1.29, 1.82) is 0 Å². The lowest BCUT2D eigenvalue weighted by molar-refractivity contribution is 0.0507. The number of ether oxygens (including phenoxy) is 1. The van der Waals surface area contributed by atoms with Crippen molar-refractivity contribution < 1.29 is 9.53 Å². The van der Waals surface area contributed by atoms with Crippen molar-refractivity contribution >= 4 is 12.1 Å². The fourth-order valence-electron chi connectivity index (χ4n) is 3.69. The number of nitrogens with zero attached hydrogens (tertiary/aromatic N) is 3. The molecule has 26 heavy (non-hydrogen) atoms. The molecular weight excluding hydrogens is 330 g/mol. The van der Waals surface area contributed by atoms with E-state index in [1.807, 2.05) is 27.8 Å². The van der Waals surface area contributed by atoms with Crippen molar-refractivity contribution in [2.24, 2.45) is 10.9 Å². The van der Waals surface area contributed by atoms with E-state index >= 15 is 0 Å². The number of aliphatic imine (C=N–C) groups is 1. The first-order valence-corrected chi connectivity index (χ1v) is 9.94. The Bertz CT molecular complexity index is 489. The second-order valence-electron chi connectivity index (χ2n) is 8.60. The minimum absolute atomic E-state index is 0.103. The summed E-state index contributed by atoms with van der Waals surface area (Å²) in [5.41, 5.74) is -0.466. The molecule has 0 aromatic rings. The minimum atomic E-state index is -0.466. The highest BCUT2D eigenvalue weighted by Gasteiger charge is 2.27. The third kappa shape index (κ3) is 7.02. The summed E-state index contributed by atoms with van der Waals surface area (Å²) in [5, 5.41) is 6.44. The topological polar surface area (TPSA) is 69.2 Å². The van der Waals surface area contributed by atoms with Gasteiger partial charge in [-0.05, 0) is 52.5 Å². The molecule has 0 aromatic carbocycles. The molecule has 2 N–H and O–H groups in total. The number of rotatable bonds is 4. The number of guanidine groups is 1. The van der Waals surface area contributed by atoms with Crippen LogP contribution in [0.1, 0.15) is 47.0 Å². The number of piperidine rings is 1. The van der Waals surface area contributed by atoms with Gasteiger partial charge in [0.05, 0.1) is 6.04 Å². The molecule has 2 saturated heterocycles. The monoisotopic (exact) mass is 367 g/mol. The van der Waals surface area contributed by atoms with Crippen LogP contribution in [0.2, 0.25) is 0 Å². The van der Waals surface area contributed by atoms with Crippen molar-refractivity contribution in [3.63, 3.8) is 0 Å². The van der Waals surface area contributed by atoms with Gasteiger partial charge >= 0.3 is 6.09 Å². The maximum Gasteiger partial charge on any atom is 0.407 e. The lowest BCUT2D eigenvalue weighted by Crippen LogP contribution is -2.46. The van der Waals surface area contributed by atoms with Crippen LogP contribution in [0.15, 0.2) is 4.99 Å². The molecule has 0 aliphatic carbocycles. The number of nitrogens with one attached hydrogen (secondary N) is 2. The van der Waals surface area contributed by atoms with Gasteiger partial charge in [-0.25, -0.2) is 4.79 Å². The van der Waals surface area contributed by atoms with Gasteiger partial charge in [0.15, 0.2) is 5.96 Å². The van der Waals surface area contributed by atoms with Crippen molar-refractivity contribution in [2.45, 2.75) is 58.6 Å². The summed E-state index contributed by atoms with van der Waals surface area (Å²) in [5.74, 6) is 1.73. The van der Waals surface area contributed by atoms with E-state index in [9.17, 15) is 4.79 Å². The molecule has 2 unspecified atom stereocenters. The molecule has 2 heterocycles. The standard InChI is InChI=1S/C19H37N5O2/c1-15-7-6-10-23(13-15)12-9-21-17(20-5)24-11-8-16(14-24)22-18(25)26-19(2,3)4/h15-16H,6-14H2,1-5H3,(H,20,21)(H,22,25). The van der Waals surface area contributed by atoms with Gasteiger partial charge in [0, 0.05) is 39.8 Å². The fourth-order valence-corrected chi connectivity index (χ4v) is 3.69. The maximum atomic E-state index is 11.9. The lowest BCUT2D eigenvalue weighted by atomic mass is 10.0. The third-order valence-electron chi connectivity index (χ3n) is 4.87. The van der Waals surface area contributed by atoms with Gasteiger partial charge < -0.3 is 25.2 Å². The Morgan fingerprint density at radius 2 is 2.00 bits per heavy atom. The number of carbonyl (C=O) groups excluding carboxylic acids is 1. The Labute approximate surface area is 158 Å². The summed E-state index contributed by atoms with van der Waals surface area (Å²) in [6.45, 7) is 14.0. The SMILES string of the molecule is CN=C(NCCN1CCCC(C)C1)N1CCC(NC(=O)OC(C)(C)C)C1. The largest absolute Gasteiger partial charge is 0.444 e. The number of alkyl carbamates (subject to hydrolysis) is 1. The summed E-state index contributed by atoms with van der Waals surface area (Å²) in [4.78, 5) is 21.1. The fraction of sp³-hybridized carbons (Fsp3) is 0.895. The zero-order chi connectivity index (χ0) is 19.2. The Morgan fingerprint density at radius 1 is 1.23 bits per heavy atom. The molecule has 2 aliphatic rings. The van der Waals surface area contributed by atoms with E-state index in [0.717, 1.165) is 44.5 Å². The summed E-state index contributed by atoms with van der Waals surface area (Å²) in [6.07, 6.45) is 3.22. The molecule has 2 fully saturated rings. The average molecular weight is 368 g/mol. The minimum Gasteiger partial charge on any atom is -0.444 e. The lowest BCUT2D eigenvalue weighted by Gasteiger charge is -2.31. The Hall–Kier alpha value is -1.50. The Kier molecular flexibility index (Phi) is 7.55. The number of carbonyl (C=O) groups is 1. The normalized spacial score (nSPS) is 25.3. The Balaban J connectivity index is 1.71. The van der Waals surface area contributed by atoms with Crippen molar-refractivity contribution in [3.8, 4) is 0 Å². The van der Waals surface area contributed by atoms with E-state index in [-0.39, 0.29) is 12.1 Å². The molecule has 0 saturated carbocycles. The number of hydrogen-bond donors (Lipinski definition) is 2. The van der Waals surface area contributed by atoms with Crippen molar-refractivity contribution in [2.75, 3.05) is 46.3 Å². The average Bonchev–Trinajstić information content (AvgIpc) is 2.98. The van der Waals surface area contributed by atoms with Crippen LogP contribution in [-0.2, 0) is 4.74 Å². The first kappa shape index (κ1) is 20.8. The third-order valence-corrected chi connectivity index (χ3v) is 4.87. The zero-order valence-electron chi connectivity index (χ0n) is 17.2. The number of amides is 1. The van der Waals surface area contributed by atoms with Crippen molar-refractivity contribution in [3.05, 3.63) is 0 Å². The molecule has 1 amide bonds. The summed E-state index contributed by atoms with van der Waals surface area (Å²) in [6, 6.07) is 0.103. The molecule has 7 nitrogen and oxygen atoms in total. The van der Waals surface area contributed by atoms with Crippen LogP contribution < -0.4 is 10.6 Å². The molecule has 2 atom stereocenters. The van der Waals surface area contributed by atoms with Crippen LogP contribution in [0.25, 0.3) is 0 Å². The predicted octanol–water partition coefficient (Wildman–Crippen LogP) is 1.89.